The number of aromatic amines is 1. The molecule has 1 amide bonds. The summed E-state index contributed by atoms with van der Waals surface area (Å²) in [4.78, 5) is 18.2. The Morgan fingerprint density at radius 1 is 1.30 bits per heavy atom. The second kappa shape index (κ2) is 7.45. The van der Waals surface area contributed by atoms with Crippen LogP contribution in [0.15, 0.2) is 36.7 Å². The van der Waals surface area contributed by atoms with Gasteiger partial charge in [-0.25, -0.2) is 4.98 Å². The van der Waals surface area contributed by atoms with Gasteiger partial charge in [0.15, 0.2) is 0 Å². The van der Waals surface area contributed by atoms with Crippen LogP contribution in [-0.4, -0.2) is 22.4 Å². The molecule has 106 valence electrons. The lowest BCUT2D eigenvalue weighted by Crippen LogP contribution is -2.15. The summed E-state index contributed by atoms with van der Waals surface area (Å²) >= 11 is 0. The van der Waals surface area contributed by atoms with Crippen molar-refractivity contribution in [2.24, 2.45) is 0 Å². The highest BCUT2D eigenvalue weighted by Gasteiger charge is 1.97. The van der Waals surface area contributed by atoms with Crippen LogP contribution in [0.1, 0.15) is 24.7 Å². The number of carbonyl (C=O) groups excluding carboxylic acids is 1. The normalized spacial score (nSPS) is 10.4. The van der Waals surface area contributed by atoms with E-state index in [2.05, 4.69) is 20.6 Å². The average molecular weight is 272 g/mol. The van der Waals surface area contributed by atoms with Gasteiger partial charge in [0.1, 0.15) is 5.82 Å². The number of benzene rings is 1. The molecule has 0 atom stereocenters. The van der Waals surface area contributed by atoms with E-state index in [0.29, 0.717) is 0 Å². The van der Waals surface area contributed by atoms with Gasteiger partial charge in [-0.2, -0.15) is 0 Å². The lowest BCUT2D eigenvalue weighted by Gasteiger charge is -2.06. The van der Waals surface area contributed by atoms with Crippen LogP contribution in [0.5, 0.6) is 0 Å². The van der Waals surface area contributed by atoms with E-state index in [4.69, 9.17) is 0 Å². The molecule has 0 aliphatic rings. The SMILES string of the molecule is CC(=O)Nc1ccc(CNCCCc2ncc[nH]2)cc1. The number of H-pyrrole nitrogens is 1. The minimum absolute atomic E-state index is 0.0474. The molecule has 5 heteroatoms. The molecule has 2 aromatic rings. The van der Waals surface area contributed by atoms with E-state index in [1.807, 2.05) is 30.5 Å². The molecule has 2 rings (SSSR count). The molecule has 0 saturated heterocycles. The highest BCUT2D eigenvalue weighted by atomic mass is 16.1. The Morgan fingerprint density at radius 2 is 2.10 bits per heavy atom. The van der Waals surface area contributed by atoms with Crippen molar-refractivity contribution in [2.75, 3.05) is 11.9 Å². The topological polar surface area (TPSA) is 69.8 Å². The Labute approximate surface area is 118 Å². The summed E-state index contributed by atoms with van der Waals surface area (Å²) in [6.07, 6.45) is 5.64. The van der Waals surface area contributed by atoms with Crippen molar-refractivity contribution in [3.05, 3.63) is 48.0 Å². The monoisotopic (exact) mass is 272 g/mol. The molecule has 0 radical (unpaired) electrons. The van der Waals surface area contributed by atoms with Gasteiger partial charge in [0, 0.05) is 38.0 Å². The summed E-state index contributed by atoms with van der Waals surface area (Å²) < 4.78 is 0. The summed E-state index contributed by atoms with van der Waals surface area (Å²) in [5.74, 6) is 0.986. The molecule has 5 nitrogen and oxygen atoms in total. The van der Waals surface area contributed by atoms with Crippen LogP contribution in [0.4, 0.5) is 5.69 Å². The molecule has 3 N–H and O–H groups in total. The first-order valence-corrected chi connectivity index (χ1v) is 6.79. The lowest BCUT2D eigenvalue weighted by atomic mass is 10.2. The van der Waals surface area contributed by atoms with Gasteiger partial charge in [0.2, 0.25) is 5.91 Å². The van der Waals surface area contributed by atoms with Gasteiger partial charge in [0.05, 0.1) is 0 Å². The zero-order chi connectivity index (χ0) is 14.2. The Balaban J connectivity index is 1.65. The summed E-state index contributed by atoms with van der Waals surface area (Å²) in [6, 6.07) is 7.87. The maximum atomic E-state index is 10.9. The first-order valence-electron chi connectivity index (χ1n) is 6.79. The Morgan fingerprint density at radius 3 is 2.75 bits per heavy atom. The predicted molar refractivity (Wildman–Crippen MR) is 79.4 cm³/mol. The van der Waals surface area contributed by atoms with Crippen LogP contribution in [0.25, 0.3) is 0 Å². The maximum Gasteiger partial charge on any atom is 0.221 e. The molecule has 0 fully saturated rings. The first kappa shape index (κ1) is 14.3. The summed E-state index contributed by atoms with van der Waals surface area (Å²) in [5, 5.41) is 6.15. The van der Waals surface area contributed by atoms with E-state index >= 15 is 0 Å². The van der Waals surface area contributed by atoms with Gasteiger partial charge >= 0.3 is 0 Å². The average Bonchev–Trinajstić information content (AvgIpc) is 2.93. The molecule has 0 unspecified atom stereocenters. The van der Waals surface area contributed by atoms with Crippen LogP contribution in [0.2, 0.25) is 0 Å². The fourth-order valence-corrected chi connectivity index (χ4v) is 1.96. The van der Waals surface area contributed by atoms with Crippen LogP contribution in [0.3, 0.4) is 0 Å². The molecule has 0 aliphatic carbocycles. The predicted octanol–water partition coefficient (Wildman–Crippen LogP) is 2.09. The van der Waals surface area contributed by atoms with Crippen LogP contribution in [-0.2, 0) is 17.8 Å². The van der Waals surface area contributed by atoms with Gasteiger partial charge in [-0.05, 0) is 30.7 Å². The third kappa shape index (κ3) is 4.85. The standard InChI is InChI=1S/C15H20N4O/c1-12(20)19-14-6-4-13(5-7-14)11-16-8-2-3-15-17-9-10-18-15/h4-7,9-10,16H,2-3,8,11H2,1H3,(H,17,18)(H,19,20). The van der Waals surface area contributed by atoms with Crippen molar-refractivity contribution in [3.8, 4) is 0 Å². The Kier molecular flexibility index (Phi) is 5.32. The first-order chi connectivity index (χ1) is 9.74. The van der Waals surface area contributed by atoms with E-state index in [9.17, 15) is 4.79 Å². The highest BCUT2D eigenvalue weighted by molar-refractivity contribution is 5.88. The molecule has 20 heavy (non-hydrogen) atoms. The van der Waals surface area contributed by atoms with Gasteiger partial charge in [-0.1, -0.05) is 12.1 Å². The fraction of sp³-hybridized carbons (Fsp3) is 0.333. The van der Waals surface area contributed by atoms with Gasteiger partial charge in [-0.3, -0.25) is 4.79 Å². The number of imidazole rings is 1. The van der Waals surface area contributed by atoms with Gasteiger partial charge < -0.3 is 15.6 Å². The maximum absolute atomic E-state index is 10.9. The van der Waals surface area contributed by atoms with Crippen LogP contribution in [0, 0.1) is 0 Å². The second-order valence-corrected chi connectivity index (χ2v) is 4.69. The summed E-state index contributed by atoms with van der Waals surface area (Å²) in [7, 11) is 0. The van der Waals surface area contributed by atoms with Crippen molar-refractivity contribution >= 4 is 11.6 Å². The van der Waals surface area contributed by atoms with Gasteiger partial charge in [0.25, 0.3) is 0 Å². The molecule has 0 saturated carbocycles. The number of amides is 1. The summed E-state index contributed by atoms with van der Waals surface area (Å²) in [5.41, 5.74) is 2.04. The third-order valence-electron chi connectivity index (χ3n) is 2.93. The molecule has 0 spiro atoms. The zero-order valence-electron chi connectivity index (χ0n) is 11.6. The minimum atomic E-state index is -0.0474. The van der Waals surface area contributed by atoms with E-state index < -0.39 is 0 Å². The number of anilines is 1. The number of nitrogens with one attached hydrogen (secondary N) is 3. The van der Waals surface area contributed by atoms with Crippen molar-refractivity contribution < 1.29 is 4.79 Å². The molecule has 1 aromatic heterocycles. The largest absolute Gasteiger partial charge is 0.349 e. The fourth-order valence-electron chi connectivity index (χ4n) is 1.96. The molecular weight excluding hydrogens is 252 g/mol. The molecule has 0 bridgehead atoms. The van der Waals surface area contributed by atoms with Gasteiger partial charge in [-0.15, -0.1) is 0 Å². The zero-order valence-corrected chi connectivity index (χ0v) is 11.6. The van der Waals surface area contributed by atoms with E-state index in [0.717, 1.165) is 37.4 Å². The molecule has 1 heterocycles. The van der Waals surface area contributed by atoms with Crippen molar-refractivity contribution in [1.82, 2.24) is 15.3 Å². The summed E-state index contributed by atoms with van der Waals surface area (Å²) in [6.45, 7) is 3.29. The second-order valence-electron chi connectivity index (χ2n) is 4.69. The Bertz CT molecular complexity index is 519. The number of rotatable bonds is 7. The van der Waals surface area contributed by atoms with Crippen molar-refractivity contribution in [3.63, 3.8) is 0 Å². The smallest absolute Gasteiger partial charge is 0.221 e. The van der Waals surface area contributed by atoms with Crippen molar-refractivity contribution in [2.45, 2.75) is 26.3 Å². The number of hydrogen-bond acceptors (Lipinski definition) is 3. The van der Waals surface area contributed by atoms with Crippen LogP contribution < -0.4 is 10.6 Å². The van der Waals surface area contributed by atoms with E-state index in [1.54, 1.807) is 6.20 Å². The molecule has 1 aromatic carbocycles. The van der Waals surface area contributed by atoms with Crippen LogP contribution >= 0.6 is 0 Å². The van der Waals surface area contributed by atoms with E-state index in [1.165, 1.54) is 12.5 Å². The van der Waals surface area contributed by atoms with E-state index in [-0.39, 0.29) is 5.91 Å². The van der Waals surface area contributed by atoms with Crippen molar-refractivity contribution in [1.29, 1.82) is 0 Å². The third-order valence-corrected chi connectivity index (χ3v) is 2.93. The molecular formula is C15H20N4O. The Hall–Kier alpha value is -2.14. The number of aryl methyl sites for hydroxylation is 1. The lowest BCUT2D eigenvalue weighted by molar-refractivity contribution is -0.114. The molecule has 0 aliphatic heterocycles. The quantitative estimate of drug-likeness (QED) is 0.676. The highest BCUT2D eigenvalue weighted by Crippen LogP contribution is 2.09. The number of aromatic nitrogens is 2. The number of nitrogens with zero attached hydrogens (tertiary/aromatic N) is 1. The number of carbonyl (C=O) groups is 1. The minimum Gasteiger partial charge on any atom is -0.349 e. The number of hydrogen-bond donors (Lipinski definition) is 3.